The molecule has 0 atom stereocenters. The van der Waals surface area contributed by atoms with Gasteiger partial charge in [-0.25, -0.2) is 0 Å². The van der Waals surface area contributed by atoms with Crippen molar-refractivity contribution >= 4 is 5.91 Å². The Morgan fingerprint density at radius 1 is 1.28 bits per heavy atom. The van der Waals surface area contributed by atoms with Crippen molar-refractivity contribution in [3.63, 3.8) is 0 Å². The first-order valence-corrected chi connectivity index (χ1v) is 6.48. The summed E-state index contributed by atoms with van der Waals surface area (Å²) in [5.74, 6) is -0.0797. The largest absolute Gasteiger partial charge is 0.382 e. The van der Waals surface area contributed by atoms with Crippen LogP contribution in [0, 0.1) is 0 Å². The number of piperidine rings is 1. The molecule has 106 valence electrons. The number of ether oxygens (including phenoxy) is 3. The molecule has 0 aromatic rings. The lowest BCUT2D eigenvalue weighted by Crippen LogP contribution is -2.36. The van der Waals surface area contributed by atoms with Gasteiger partial charge in [0, 0.05) is 13.7 Å². The Morgan fingerprint density at radius 2 is 2.06 bits per heavy atom. The summed E-state index contributed by atoms with van der Waals surface area (Å²) < 4.78 is 15.6. The minimum absolute atomic E-state index is 0.0797. The van der Waals surface area contributed by atoms with Crippen LogP contribution in [0.5, 0.6) is 0 Å². The zero-order valence-electron chi connectivity index (χ0n) is 11.1. The number of rotatable bonds is 9. The maximum Gasteiger partial charge on any atom is 0.246 e. The van der Waals surface area contributed by atoms with E-state index in [0.717, 1.165) is 25.9 Å². The summed E-state index contributed by atoms with van der Waals surface area (Å²) in [6, 6.07) is 0. The molecular weight excluding hydrogens is 236 g/mol. The SMILES string of the molecule is COCCOCCNC(=O)COC1CCNCC1. The van der Waals surface area contributed by atoms with Crippen molar-refractivity contribution in [1.82, 2.24) is 10.6 Å². The van der Waals surface area contributed by atoms with E-state index in [1.165, 1.54) is 0 Å². The fourth-order valence-corrected chi connectivity index (χ4v) is 1.71. The van der Waals surface area contributed by atoms with Crippen LogP contribution < -0.4 is 10.6 Å². The zero-order valence-corrected chi connectivity index (χ0v) is 11.1. The summed E-state index contributed by atoms with van der Waals surface area (Å²) in [6.07, 6.45) is 2.18. The van der Waals surface area contributed by atoms with Gasteiger partial charge in [-0.15, -0.1) is 0 Å². The predicted molar refractivity (Wildman–Crippen MR) is 67.5 cm³/mol. The molecule has 0 aromatic carbocycles. The molecule has 1 heterocycles. The summed E-state index contributed by atoms with van der Waals surface area (Å²) in [6.45, 7) is 4.23. The number of hydrogen-bond acceptors (Lipinski definition) is 5. The molecule has 1 saturated heterocycles. The van der Waals surface area contributed by atoms with Crippen molar-refractivity contribution in [2.75, 3.05) is 53.2 Å². The molecule has 0 aliphatic carbocycles. The van der Waals surface area contributed by atoms with E-state index in [4.69, 9.17) is 14.2 Å². The van der Waals surface area contributed by atoms with Crippen LogP contribution >= 0.6 is 0 Å². The standard InChI is InChI=1S/C12H24N2O4/c1-16-8-9-17-7-6-14-12(15)10-18-11-2-4-13-5-3-11/h11,13H,2-10H2,1H3,(H,14,15). The number of amides is 1. The summed E-state index contributed by atoms with van der Waals surface area (Å²) in [4.78, 5) is 11.4. The molecule has 0 saturated carbocycles. The smallest absolute Gasteiger partial charge is 0.246 e. The highest BCUT2D eigenvalue weighted by Gasteiger charge is 2.14. The highest BCUT2D eigenvalue weighted by molar-refractivity contribution is 5.77. The summed E-state index contributed by atoms with van der Waals surface area (Å²) in [7, 11) is 1.63. The molecule has 0 radical (unpaired) electrons. The van der Waals surface area contributed by atoms with Crippen molar-refractivity contribution in [1.29, 1.82) is 0 Å². The molecule has 6 nitrogen and oxygen atoms in total. The molecule has 1 rings (SSSR count). The summed E-state index contributed by atoms with van der Waals surface area (Å²) >= 11 is 0. The average molecular weight is 260 g/mol. The molecule has 1 amide bonds. The first-order valence-electron chi connectivity index (χ1n) is 6.48. The topological polar surface area (TPSA) is 68.8 Å². The van der Waals surface area contributed by atoms with Gasteiger partial charge in [-0.05, 0) is 25.9 Å². The molecule has 2 N–H and O–H groups in total. The summed E-state index contributed by atoms with van der Waals surface area (Å²) in [5.41, 5.74) is 0. The maximum atomic E-state index is 11.4. The third kappa shape index (κ3) is 7.60. The number of hydrogen-bond donors (Lipinski definition) is 2. The fourth-order valence-electron chi connectivity index (χ4n) is 1.71. The number of nitrogens with one attached hydrogen (secondary N) is 2. The Labute approximate surface area is 108 Å². The normalized spacial score (nSPS) is 16.7. The Bertz CT molecular complexity index is 220. The van der Waals surface area contributed by atoms with Crippen molar-refractivity contribution in [3.05, 3.63) is 0 Å². The number of carbonyl (C=O) groups is 1. The van der Waals surface area contributed by atoms with Crippen LogP contribution in [0.4, 0.5) is 0 Å². The van der Waals surface area contributed by atoms with Crippen LogP contribution in [0.2, 0.25) is 0 Å². The second-order valence-corrected chi connectivity index (χ2v) is 4.22. The molecule has 1 fully saturated rings. The molecule has 0 spiro atoms. The number of methoxy groups -OCH3 is 1. The molecule has 6 heteroatoms. The fraction of sp³-hybridized carbons (Fsp3) is 0.917. The van der Waals surface area contributed by atoms with Crippen molar-refractivity contribution < 1.29 is 19.0 Å². The van der Waals surface area contributed by atoms with Gasteiger partial charge in [0.15, 0.2) is 0 Å². The van der Waals surface area contributed by atoms with Crippen molar-refractivity contribution in [2.24, 2.45) is 0 Å². The molecular formula is C12H24N2O4. The van der Waals surface area contributed by atoms with Crippen molar-refractivity contribution in [3.8, 4) is 0 Å². The van der Waals surface area contributed by atoms with E-state index >= 15 is 0 Å². The van der Waals surface area contributed by atoms with E-state index in [1.807, 2.05) is 0 Å². The Kier molecular flexibility index (Phi) is 8.75. The van der Waals surface area contributed by atoms with Gasteiger partial charge in [0.25, 0.3) is 0 Å². The maximum absolute atomic E-state index is 11.4. The van der Waals surface area contributed by atoms with E-state index < -0.39 is 0 Å². The minimum Gasteiger partial charge on any atom is -0.382 e. The van der Waals surface area contributed by atoms with E-state index in [2.05, 4.69) is 10.6 Å². The summed E-state index contributed by atoms with van der Waals surface area (Å²) in [5, 5.41) is 6.01. The Hall–Kier alpha value is -0.690. The molecule has 0 bridgehead atoms. The third-order valence-corrected chi connectivity index (χ3v) is 2.74. The Balaban J connectivity index is 1.90. The highest BCUT2D eigenvalue weighted by Crippen LogP contribution is 2.06. The molecule has 1 aliphatic heterocycles. The van der Waals surface area contributed by atoms with Gasteiger partial charge in [0.2, 0.25) is 5.91 Å². The number of carbonyl (C=O) groups excluding carboxylic acids is 1. The molecule has 0 unspecified atom stereocenters. The second-order valence-electron chi connectivity index (χ2n) is 4.22. The first-order chi connectivity index (χ1) is 8.83. The lowest BCUT2D eigenvalue weighted by atomic mass is 10.1. The predicted octanol–water partition coefficient (Wildman–Crippen LogP) is -0.466. The van der Waals surface area contributed by atoms with Gasteiger partial charge in [0.05, 0.1) is 25.9 Å². The van der Waals surface area contributed by atoms with Crippen LogP contribution in [0.1, 0.15) is 12.8 Å². The van der Waals surface area contributed by atoms with Crippen LogP contribution in [-0.2, 0) is 19.0 Å². The van der Waals surface area contributed by atoms with E-state index in [1.54, 1.807) is 7.11 Å². The lowest BCUT2D eigenvalue weighted by molar-refractivity contribution is -0.128. The van der Waals surface area contributed by atoms with Gasteiger partial charge < -0.3 is 24.8 Å². The Morgan fingerprint density at radius 3 is 2.78 bits per heavy atom. The quantitative estimate of drug-likeness (QED) is 0.549. The van der Waals surface area contributed by atoms with Gasteiger partial charge in [-0.3, -0.25) is 4.79 Å². The highest BCUT2D eigenvalue weighted by atomic mass is 16.5. The van der Waals surface area contributed by atoms with Crippen LogP contribution in [0.15, 0.2) is 0 Å². The van der Waals surface area contributed by atoms with Crippen LogP contribution in [0.25, 0.3) is 0 Å². The second kappa shape index (κ2) is 10.3. The van der Waals surface area contributed by atoms with Gasteiger partial charge in [-0.1, -0.05) is 0 Å². The molecule has 18 heavy (non-hydrogen) atoms. The molecule has 0 aromatic heterocycles. The monoisotopic (exact) mass is 260 g/mol. The van der Waals surface area contributed by atoms with Crippen LogP contribution in [0.3, 0.4) is 0 Å². The molecule has 1 aliphatic rings. The van der Waals surface area contributed by atoms with E-state index in [9.17, 15) is 4.79 Å². The van der Waals surface area contributed by atoms with E-state index in [-0.39, 0.29) is 18.6 Å². The lowest BCUT2D eigenvalue weighted by Gasteiger charge is -2.22. The average Bonchev–Trinajstić information content (AvgIpc) is 2.41. The van der Waals surface area contributed by atoms with Crippen LogP contribution in [-0.4, -0.2) is 65.2 Å². The van der Waals surface area contributed by atoms with Crippen molar-refractivity contribution in [2.45, 2.75) is 18.9 Å². The zero-order chi connectivity index (χ0) is 13.1. The van der Waals surface area contributed by atoms with Gasteiger partial charge in [-0.2, -0.15) is 0 Å². The third-order valence-electron chi connectivity index (χ3n) is 2.74. The van der Waals surface area contributed by atoms with E-state index in [0.29, 0.717) is 26.4 Å². The first kappa shape index (κ1) is 15.4. The van der Waals surface area contributed by atoms with Gasteiger partial charge in [0.1, 0.15) is 6.61 Å². The minimum atomic E-state index is -0.0797. The van der Waals surface area contributed by atoms with Gasteiger partial charge >= 0.3 is 0 Å².